The standard InChI is InChI=1S/C8H5Cl2FO2/c1-13-4-2-5(8(10)12)7(9)6(11)3-4/h2-3H,1H3. The number of methoxy groups -OCH3 is 1. The Morgan fingerprint density at radius 2 is 2.15 bits per heavy atom. The van der Waals surface area contributed by atoms with Crippen molar-refractivity contribution < 1.29 is 13.9 Å². The van der Waals surface area contributed by atoms with Crippen LogP contribution in [0.4, 0.5) is 4.39 Å². The number of carbonyl (C=O) groups excluding carboxylic acids is 1. The largest absolute Gasteiger partial charge is 0.497 e. The fraction of sp³-hybridized carbons (Fsp3) is 0.125. The number of benzene rings is 1. The van der Waals surface area contributed by atoms with Crippen molar-refractivity contribution in [3.63, 3.8) is 0 Å². The van der Waals surface area contributed by atoms with Crippen LogP contribution < -0.4 is 4.74 Å². The second-order valence-corrected chi connectivity index (χ2v) is 2.97. The maximum absolute atomic E-state index is 13.0. The van der Waals surface area contributed by atoms with Crippen LogP contribution in [0.5, 0.6) is 5.75 Å². The third-order valence-electron chi connectivity index (χ3n) is 1.45. The molecule has 1 rings (SSSR count). The number of carbonyl (C=O) groups is 1. The van der Waals surface area contributed by atoms with Crippen LogP contribution in [0.15, 0.2) is 12.1 Å². The first kappa shape index (κ1) is 10.3. The summed E-state index contributed by atoms with van der Waals surface area (Å²) >= 11 is 10.6. The van der Waals surface area contributed by atoms with E-state index in [-0.39, 0.29) is 16.3 Å². The summed E-state index contributed by atoms with van der Waals surface area (Å²) in [6, 6.07) is 2.35. The zero-order valence-electron chi connectivity index (χ0n) is 6.61. The van der Waals surface area contributed by atoms with Gasteiger partial charge in [0.05, 0.1) is 17.7 Å². The van der Waals surface area contributed by atoms with Crippen LogP contribution >= 0.6 is 23.2 Å². The highest BCUT2D eigenvalue weighted by Gasteiger charge is 2.13. The molecule has 0 saturated heterocycles. The van der Waals surface area contributed by atoms with Gasteiger partial charge in [-0.05, 0) is 17.7 Å². The second kappa shape index (κ2) is 3.94. The van der Waals surface area contributed by atoms with Crippen LogP contribution in [-0.2, 0) is 0 Å². The van der Waals surface area contributed by atoms with Gasteiger partial charge in [-0.3, -0.25) is 4.79 Å². The first-order valence-electron chi connectivity index (χ1n) is 3.29. The Hall–Kier alpha value is -0.800. The lowest BCUT2D eigenvalue weighted by molar-refractivity contribution is 0.108. The number of halogens is 3. The fourth-order valence-electron chi connectivity index (χ4n) is 0.825. The Morgan fingerprint density at radius 3 is 2.62 bits per heavy atom. The van der Waals surface area contributed by atoms with Crippen molar-refractivity contribution in [2.24, 2.45) is 0 Å². The summed E-state index contributed by atoms with van der Waals surface area (Å²) < 4.78 is 17.7. The highest BCUT2D eigenvalue weighted by molar-refractivity contribution is 6.68. The Bertz CT molecular complexity index is 352. The van der Waals surface area contributed by atoms with Crippen LogP contribution in [0.1, 0.15) is 10.4 Å². The molecule has 0 saturated carbocycles. The van der Waals surface area contributed by atoms with Gasteiger partial charge >= 0.3 is 0 Å². The maximum Gasteiger partial charge on any atom is 0.254 e. The second-order valence-electron chi connectivity index (χ2n) is 2.24. The molecule has 0 spiro atoms. The zero-order valence-corrected chi connectivity index (χ0v) is 8.12. The lowest BCUT2D eigenvalue weighted by atomic mass is 10.2. The summed E-state index contributed by atoms with van der Waals surface area (Å²) in [5, 5.41) is -1.11. The molecule has 0 atom stereocenters. The van der Waals surface area contributed by atoms with E-state index in [1.807, 2.05) is 0 Å². The van der Waals surface area contributed by atoms with E-state index in [0.717, 1.165) is 6.07 Å². The number of rotatable bonds is 2. The minimum Gasteiger partial charge on any atom is -0.497 e. The minimum atomic E-state index is -0.817. The monoisotopic (exact) mass is 222 g/mol. The van der Waals surface area contributed by atoms with Crippen molar-refractivity contribution in [2.45, 2.75) is 0 Å². The van der Waals surface area contributed by atoms with E-state index < -0.39 is 11.1 Å². The lowest BCUT2D eigenvalue weighted by Gasteiger charge is -2.04. The van der Waals surface area contributed by atoms with E-state index in [1.165, 1.54) is 13.2 Å². The van der Waals surface area contributed by atoms with Crippen molar-refractivity contribution >= 4 is 28.4 Å². The first-order valence-corrected chi connectivity index (χ1v) is 4.04. The molecule has 0 unspecified atom stereocenters. The average molecular weight is 223 g/mol. The quantitative estimate of drug-likeness (QED) is 0.720. The molecule has 0 aromatic heterocycles. The molecule has 2 nitrogen and oxygen atoms in total. The van der Waals surface area contributed by atoms with Crippen LogP contribution in [-0.4, -0.2) is 12.4 Å². The van der Waals surface area contributed by atoms with Gasteiger partial charge in [0.25, 0.3) is 5.24 Å². The molecule has 0 bridgehead atoms. The summed E-state index contributed by atoms with van der Waals surface area (Å²) in [4.78, 5) is 10.7. The van der Waals surface area contributed by atoms with Gasteiger partial charge < -0.3 is 4.74 Å². The van der Waals surface area contributed by atoms with Gasteiger partial charge in [-0.15, -0.1) is 0 Å². The molecule has 0 radical (unpaired) electrons. The zero-order chi connectivity index (χ0) is 10.0. The number of ether oxygens (including phenoxy) is 1. The molecule has 0 aliphatic carbocycles. The van der Waals surface area contributed by atoms with E-state index in [0.29, 0.717) is 0 Å². The van der Waals surface area contributed by atoms with E-state index in [2.05, 4.69) is 0 Å². The topological polar surface area (TPSA) is 26.3 Å². The first-order chi connectivity index (χ1) is 6.06. The van der Waals surface area contributed by atoms with Crippen molar-refractivity contribution in [1.29, 1.82) is 0 Å². The normalized spacial score (nSPS) is 9.85. The van der Waals surface area contributed by atoms with E-state index in [1.54, 1.807) is 0 Å². The highest BCUT2D eigenvalue weighted by Crippen LogP contribution is 2.26. The summed E-state index contributed by atoms with van der Waals surface area (Å²) in [7, 11) is 1.35. The summed E-state index contributed by atoms with van der Waals surface area (Å²) in [6.07, 6.45) is 0. The van der Waals surface area contributed by atoms with Gasteiger partial charge in [-0.1, -0.05) is 11.6 Å². The van der Waals surface area contributed by atoms with Gasteiger partial charge in [0.1, 0.15) is 11.6 Å². The Morgan fingerprint density at radius 1 is 1.54 bits per heavy atom. The molecule has 1 aromatic carbocycles. The predicted octanol–water partition coefficient (Wildman–Crippen LogP) is 2.87. The molecule has 0 heterocycles. The summed E-state index contributed by atoms with van der Waals surface area (Å²) in [5.41, 5.74) is -0.0971. The van der Waals surface area contributed by atoms with Crippen LogP contribution in [0, 0.1) is 5.82 Å². The SMILES string of the molecule is COc1cc(F)c(Cl)c(C(=O)Cl)c1. The van der Waals surface area contributed by atoms with Gasteiger partial charge in [0, 0.05) is 6.07 Å². The molecular weight excluding hydrogens is 218 g/mol. The molecule has 13 heavy (non-hydrogen) atoms. The molecule has 0 N–H and O–H groups in total. The Kier molecular flexibility index (Phi) is 3.12. The third-order valence-corrected chi connectivity index (χ3v) is 2.04. The molecule has 0 fully saturated rings. The smallest absolute Gasteiger partial charge is 0.254 e. The minimum absolute atomic E-state index is 0.0971. The molecule has 0 amide bonds. The van der Waals surface area contributed by atoms with Crippen molar-refractivity contribution in [3.8, 4) is 5.75 Å². The summed E-state index contributed by atoms with van der Waals surface area (Å²) in [6.45, 7) is 0. The summed E-state index contributed by atoms with van der Waals surface area (Å²) in [5.74, 6) is -0.532. The van der Waals surface area contributed by atoms with E-state index in [9.17, 15) is 9.18 Å². The molecular formula is C8H5Cl2FO2. The van der Waals surface area contributed by atoms with Crippen molar-refractivity contribution in [3.05, 3.63) is 28.5 Å². The van der Waals surface area contributed by atoms with Gasteiger partial charge in [0.15, 0.2) is 0 Å². The molecule has 1 aromatic rings. The number of hydrogen-bond acceptors (Lipinski definition) is 2. The molecule has 70 valence electrons. The van der Waals surface area contributed by atoms with Gasteiger partial charge in [-0.2, -0.15) is 0 Å². The number of hydrogen-bond donors (Lipinski definition) is 0. The maximum atomic E-state index is 13.0. The highest BCUT2D eigenvalue weighted by atomic mass is 35.5. The van der Waals surface area contributed by atoms with Crippen molar-refractivity contribution in [2.75, 3.05) is 7.11 Å². The van der Waals surface area contributed by atoms with Crippen molar-refractivity contribution in [1.82, 2.24) is 0 Å². The Balaban J connectivity index is 3.33. The lowest BCUT2D eigenvalue weighted by Crippen LogP contribution is -1.95. The van der Waals surface area contributed by atoms with E-state index >= 15 is 0 Å². The van der Waals surface area contributed by atoms with Gasteiger partial charge in [0.2, 0.25) is 0 Å². The average Bonchev–Trinajstić information content (AvgIpc) is 2.09. The molecule has 5 heteroatoms. The van der Waals surface area contributed by atoms with Gasteiger partial charge in [-0.25, -0.2) is 4.39 Å². The van der Waals surface area contributed by atoms with E-state index in [4.69, 9.17) is 27.9 Å². The molecule has 0 aliphatic rings. The van der Waals surface area contributed by atoms with Crippen LogP contribution in [0.2, 0.25) is 5.02 Å². The van der Waals surface area contributed by atoms with Crippen LogP contribution in [0.25, 0.3) is 0 Å². The van der Waals surface area contributed by atoms with Crippen LogP contribution in [0.3, 0.4) is 0 Å². The third kappa shape index (κ3) is 2.11. The Labute approximate surface area is 84.2 Å². The fourth-order valence-corrected chi connectivity index (χ4v) is 1.22. The molecule has 0 aliphatic heterocycles. The predicted molar refractivity (Wildman–Crippen MR) is 48.1 cm³/mol.